The third kappa shape index (κ3) is 5.58. The standard InChI is InChI=1S/C22H28N2O6/c1-3-29-19(26)11-23-21(27)20-17(25)8-9-24(22(20)28)12-16-6-7-18(14(2)10-16)30-13-15-4-5-15/h6-7,10,15,20H,3-5,8-9,11-13H2,1-2H3,(H,23,27). The minimum atomic E-state index is -1.42. The summed E-state index contributed by atoms with van der Waals surface area (Å²) in [7, 11) is 0. The monoisotopic (exact) mass is 416 g/mol. The zero-order valence-electron chi connectivity index (χ0n) is 17.4. The average Bonchev–Trinajstić information content (AvgIpc) is 3.53. The number of aryl methyl sites for hydroxylation is 1. The van der Waals surface area contributed by atoms with Gasteiger partial charge in [0, 0.05) is 19.5 Å². The quantitative estimate of drug-likeness (QED) is 0.482. The molecule has 1 aliphatic carbocycles. The minimum absolute atomic E-state index is 0.102. The number of amides is 2. The minimum Gasteiger partial charge on any atom is -0.493 e. The lowest BCUT2D eigenvalue weighted by Gasteiger charge is -2.31. The summed E-state index contributed by atoms with van der Waals surface area (Å²) >= 11 is 0. The molecule has 0 bridgehead atoms. The van der Waals surface area contributed by atoms with Gasteiger partial charge >= 0.3 is 5.97 Å². The summed E-state index contributed by atoms with van der Waals surface area (Å²) in [6.45, 7) is 4.72. The van der Waals surface area contributed by atoms with Crippen molar-refractivity contribution in [1.82, 2.24) is 10.2 Å². The van der Waals surface area contributed by atoms with Gasteiger partial charge in [-0.3, -0.25) is 19.2 Å². The van der Waals surface area contributed by atoms with E-state index < -0.39 is 29.5 Å². The first kappa shape index (κ1) is 21.8. The van der Waals surface area contributed by atoms with Gasteiger partial charge in [-0.2, -0.15) is 0 Å². The zero-order valence-corrected chi connectivity index (χ0v) is 17.4. The molecule has 1 heterocycles. The predicted molar refractivity (Wildman–Crippen MR) is 108 cm³/mol. The molecule has 2 amide bonds. The number of nitrogens with zero attached hydrogens (tertiary/aromatic N) is 1. The van der Waals surface area contributed by atoms with E-state index >= 15 is 0 Å². The van der Waals surface area contributed by atoms with Crippen molar-refractivity contribution in [2.24, 2.45) is 11.8 Å². The molecule has 0 radical (unpaired) electrons. The molecular formula is C22H28N2O6. The topological polar surface area (TPSA) is 102 Å². The van der Waals surface area contributed by atoms with Crippen molar-refractivity contribution in [3.8, 4) is 5.75 Å². The number of hydrogen-bond donors (Lipinski definition) is 1. The zero-order chi connectivity index (χ0) is 21.7. The molecular weight excluding hydrogens is 388 g/mol. The Balaban J connectivity index is 1.60. The van der Waals surface area contributed by atoms with Crippen LogP contribution in [0, 0.1) is 18.8 Å². The average molecular weight is 416 g/mol. The normalized spacial score (nSPS) is 18.9. The van der Waals surface area contributed by atoms with Gasteiger partial charge in [-0.25, -0.2) is 0 Å². The largest absolute Gasteiger partial charge is 0.493 e. The maximum atomic E-state index is 12.8. The molecule has 1 N–H and O–H groups in total. The Hall–Kier alpha value is -2.90. The first-order valence-corrected chi connectivity index (χ1v) is 10.4. The molecule has 1 unspecified atom stereocenters. The fourth-order valence-corrected chi connectivity index (χ4v) is 3.39. The van der Waals surface area contributed by atoms with E-state index in [1.54, 1.807) is 6.92 Å². The van der Waals surface area contributed by atoms with Gasteiger partial charge in [-0.05, 0) is 49.8 Å². The molecule has 0 aromatic heterocycles. The molecule has 0 spiro atoms. The highest BCUT2D eigenvalue weighted by Gasteiger charge is 2.40. The second-order valence-electron chi connectivity index (χ2n) is 7.79. The number of nitrogens with one attached hydrogen (secondary N) is 1. The molecule has 1 aromatic carbocycles. The van der Waals surface area contributed by atoms with Crippen LogP contribution in [-0.4, -0.2) is 54.8 Å². The van der Waals surface area contributed by atoms with Gasteiger partial charge in [0.2, 0.25) is 11.8 Å². The number of rotatable bonds is 9. The van der Waals surface area contributed by atoms with E-state index in [2.05, 4.69) is 5.32 Å². The third-order valence-electron chi connectivity index (χ3n) is 5.27. The van der Waals surface area contributed by atoms with Crippen LogP contribution in [0.15, 0.2) is 18.2 Å². The van der Waals surface area contributed by atoms with Gasteiger partial charge < -0.3 is 19.7 Å². The summed E-state index contributed by atoms with van der Waals surface area (Å²) in [4.78, 5) is 50.3. The van der Waals surface area contributed by atoms with E-state index in [0.717, 1.165) is 23.5 Å². The SMILES string of the molecule is CCOC(=O)CNC(=O)C1C(=O)CCN(Cc2ccc(OCC3CC3)c(C)c2)C1=O. The number of esters is 1. The van der Waals surface area contributed by atoms with Crippen LogP contribution in [-0.2, 0) is 30.5 Å². The third-order valence-corrected chi connectivity index (χ3v) is 5.27. The molecule has 2 aliphatic rings. The lowest BCUT2D eigenvalue weighted by atomic mass is 9.94. The summed E-state index contributed by atoms with van der Waals surface area (Å²) in [5.74, 6) is -2.27. The Bertz CT molecular complexity index is 833. The van der Waals surface area contributed by atoms with Crippen LogP contribution < -0.4 is 10.1 Å². The van der Waals surface area contributed by atoms with Crippen molar-refractivity contribution >= 4 is 23.6 Å². The van der Waals surface area contributed by atoms with Crippen LogP contribution in [0.2, 0.25) is 0 Å². The van der Waals surface area contributed by atoms with Crippen LogP contribution >= 0.6 is 0 Å². The van der Waals surface area contributed by atoms with E-state index in [0.29, 0.717) is 12.5 Å². The molecule has 30 heavy (non-hydrogen) atoms. The van der Waals surface area contributed by atoms with Crippen molar-refractivity contribution in [3.63, 3.8) is 0 Å². The maximum Gasteiger partial charge on any atom is 0.325 e. The summed E-state index contributed by atoms with van der Waals surface area (Å²) in [5, 5.41) is 2.33. The van der Waals surface area contributed by atoms with Crippen molar-refractivity contribution in [1.29, 1.82) is 0 Å². The summed E-state index contributed by atoms with van der Waals surface area (Å²) in [6, 6.07) is 5.76. The van der Waals surface area contributed by atoms with Gasteiger partial charge in [-0.15, -0.1) is 0 Å². The molecule has 1 aromatic rings. The fourth-order valence-electron chi connectivity index (χ4n) is 3.39. The van der Waals surface area contributed by atoms with Gasteiger partial charge in [-0.1, -0.05) is 12.1 Å². The number of likely N-dealkylation sites (tertiary alicyclic amines) is 1. The van der Waals surface area contributed by atoms with Gasteiger partial charge in [0.25, 0.3) is 0 Å². The Morgan fingerprint density at radius 3 is 2.67 bits per heavy atom. The number of benzene rings is 1. The first-order valence-electron chi connectivity index (χ1n) is 10.4. The molecule has 1 atom stereocenters. The van der Waals surface area contributed by atoms with Gasteiger partial charge in [0.05, 0.1) is 13.2 Å². The molecule has 3 rings (SSSR count). The second kappa shape index (κ2) is 9.73. The number of carbonyl (C=O) groups excluding carboxylic acids is 4. The highest BCUT2D eigenvalue weighted by atomic mass is 16.5. The molecule has 162 valence electrons. The number of carbonyl (C=O) groups is 4. The van der Waals surface area contributed by atoms with E-state index in [1.165, 1.54) is 17.7 Å². The fraction of sp³-hybridized carbons (Fsp3) is 0.545. The summed E-state index contributed by atoms with van der Waals surface area (Å²) in [5.41, 5.74) is 1.89. The van der Waals surface area contributed by atoms with Crippen molar-refractivity contribution in [3.05, 3.63) is 29.3 Å². The van der Waals surface area contributed by atoms with Crippen LogP contribution in [0.5, 0.6) is 5.75 Å². The number of hydrogen-bond acceptors (Lipinski definition) is 6. The lowest BCUT2D eigenvalue weighted by molar-refractivity contribution is -0.153. The van der Waals surface area contributed by atoms with Crippen molar-refractivity contribution < 1.29 is 28.7 Å². The summed E-state index contributed by atoms with van der Waals surface area (Å²) < 4.78 is 10.6. The Morgan fingerprint density at radius 1 is 1.23 bits per heavy atom. The molecule has 1 saturated heterocycles. The lowest BCUT2D eigenvalue weighted by Crippen LogP contribution is -2.52. The highest BCUT2D eigenvalue weighted by molar-refractivity contribution is 6.19. The van der Waals surface area contributed by atoms with Crippen LogP contribution in [0.4, 0.5) is 0 Å². The number of Topliss-reactive ketones (excluding diaryl/α,β-unsaturated/α-hetero) is 1. The van der Waals surface area contributed by atoms with Crippen LogP contribution in [0.3, 0.4) is 0 Å². The maximum absolute atomic E-state index is 12.8. The molecule has 8 heteroatoms. The number of piperidine rings is 1. The van der Waals surface area contributed by atoms with E-state index in [9.17, 15) is 19.2 Å². The predicted octanol–water partition coefficient (Wildman–Crippen LogP) is 1.38. The Morgan fingerprint density at radius 2 is 2.00 bits per heavy atom. The molecule has 1 saturated carbocycles. The Labute approximate surface area is 175 Å². The second-order valence-corrected chi connectivity index (χ2v) is 7.79. The molecule has 8 nitrogen and oxygen atoms in total. The van der Waals surface area contributed by atoms with Gasteiger partial charge in [0.1, 0.15) is 12.3 Å². The van der Waals surface area contributed by atoms with Crippen LogP contribution in [0.1, 0.15) is 37.3 Å². The smallest absolute Gasteiger partial charge is 0.325 e. The Kier molecular flexibility index (Phi) is 7.07. The molecule has 1 aliphatic heterocycles. The van der Waals surface area contributed by atoms with E-state index in [4.69, 9.17) is 9.47 Å². The molecule has 2 fully saturated rings. The van der Waals surface area contributed by atoms with Crippen LogP contribution in [0.25, 0.3) is 0 Å². The summed E-state index contributed by atoms with van der Waals surface area (Å²) in [6.07, 6.45) is 2.55. The first-order chi connectivity index (χ1) is 14.4. The highest BCUT2D eigenvalue weighted by Crippen LogP contribution is 2.30. The van der Waals surface area contributed by atoms with Crippen molar-refractivity contribution in [2.75, 3.05) is 26.3 Å². The van der Waals surface area contributed by atoms with E-state index in [1.807, 2.05) is 25.1 Å². The van der Waals surface area contributed by atoms with Gasteiger partial charge in [0.15, 0.2) is 11.7 Å². The number of ether oxygens (including phenoxy) is 2. The number of ketones is 1. The van der Waals surface area contributed by atoms with Crippen molar-refractivity contribution in [2.45, 2.75) is 39.7 Å². The van der Waals surface area contributed by atoms with E-state index in [-0.39, 0.29) is 26.1 Å².